The van der Waals surface area contributed by atoms with Gasteiger partial charge in [-0.25, -0.2) is 0 Å². The summed E-state index contributed by atoms with van der Waals surface area (Å²) in [7, 11) is 0. The highest BCUT2D eigenvalue weighted by Gasteiger charge is 2.21. The Morgan fingerprint density at radius 1 is 1.07 bits per heavy atom. The topological polar surface area (TPSA) is 58.2 Å². The average molecular weight is 383 g/mol. The molecule has 142 valence electrons. The van der Waals surface area contributed by atoms with Crippen molar-refractivity contribution in [2.75, 3.05) is 16.8 Å². The second-order valence-electron chi connectivity index (χ2n) is 7.07. The normalized spacial score (nSPS) is 15.7. The molecule has 2 N–H and O–H groups in total. The van der Waals surface area contributed by atoms with Crippen LogP contribution in [-0.2, 0) is 16.0 Å². The lowest BCUT2D eigenvalue weighted by Crippen LogP contribution is -2.32. The standard InChI is InChI=1S/C22H26N2O2S/c1-15-10-11-19(16(2)12-15)23-21(25)13-27-14-22(26)24-20-9-5-7-17-6-3-4-8-18(17)20/h3-4,6,8,10-12,20H,5,7,9,13-14H2,1-2H3,(H,23,25)(H,24,26)/t20-/m0/s1. The van der Waals surface area contributed by atoms with E-state index in [4.69, 9.17) is 0 Å². The van der Waals surface area contributed by atoms with Gasteiger partial charge in [0, 0.05) is 5.69 Å². The van der Waals surface area contributed by atoms with Crippen LogP contribution in [-0.4, -0.2) is 23.3 Å². The second kappa shape index (κ2) is 9.09. The molecule has 0 heterocycles. The van der Waals surface area contributed by atoms with E-state index in [-0.39, 0.29) is 23.6 Å². The third-order valence-electron chi connectivity index (χ3n) is 4.83. The largest absolute Gasteiger partial charge is 0.349 e. The Kier molecular flexibility index (Phi) is 6.56. The first-order valence-electron chi connectivity index (χ1n) is 9.35. The summed E-state index contributed by atoms with van der Waals surface area (Å²) < 4.78 is 0. The fourth-order valence-corrected chi connectivity index (χ4v) is 4.14. The molecule has 0 bridgehead atoms. The third-order valence-corrected chi connectivity index (χ3v) is 5.76. The molecule has 0 saturated heterocycles. The van der Waals surface area contributed by atoms with E-state index >= 15 is 0 Å². The fraction of sp³-hybridized carbons (Fsp3) is 0.364. The lowest BCUT2D eigenvalue weighted by atomic mass is 9.88. The first kappa shape index (κ1) is 19.5. The van der Waals surface area contributed by atoms with E-state index in [1.165, 1.54) is 28.5 Å². The van der Waals surface area contributed by atoms with Crippen LogP contribution in [0.3, 0.4) is 0 Å². The van der Waals surface area contributed by atoms with Crippen molar-refractivity contribution >= 4 is 29.3 Å². The average Bonchev–Trinajstić information content (AvgIpc) is 2.64. The van der Waals surface area contributed by atoms with E-state index in [9.17, 15) is 9.59 Å². The molecule has 2 aromatic rings. The Morgan fingerprint density at radius 2 is 1.85 bits per heavy atom. The Labute approximate surface area is 165 Å². The lowest BCUT2D eigenvalue weighted by molar-refractivity contribution is -0.119. The number of rotatable bonds is 6. The minimum absolute atomic E-state index is 0.0129. The molecule has 0 radical (unpaired) electrons. The van der Waals surface area contributed by atoms with Crippen molar-refractivity contribution in [2.45, 2.75) is 39.2 Å². The molecule has 1 atom stereocenters. The number of hydrogen-bond donors (Lipinski definition) is 2. The number of anilines is 1. The second-order valence-corrected chi connectivity index (χ2v) is 8.06. The minimum atomic E-state index is -0.0808. The van der Waals surface area contributed by atoms with Crippen LogP contribution in [0.4, 0.5) is 5.69 Å². The Balaban J connectivity index is 1.44. The van der Waals surface area contributed by atoms with Gasteiger partial charge in [-0.05, 0) is 55.9 Å². The van der Waals surface area contributed by atoms with Crippen molar-refractivity contribution in [3.63, 3.8) is 0 Å². The van der Waals surface area contributed by atoms with E-state index in [1.54, 1.807) is 0 Å². The molecule has 1 aliphatic carbocycles. The minimum Gasteiger partial charge on any atom is -0.349 e. The summed E-state index contributed by atoms with van der Waals surface area (Å²) in [6.45, 7) is 4.00. The number of amides is 2. The van der Waals surface area contributed by atoms with Gasteiger partial charge in [0.05, 0.1) is 17.5 Å². The predicted octanol–water partition coefficient (Wildman–Crippen LogP) is 4.17. The smallest absolute Gasteiger partial charge is 0.234 e. The van der Waals surface area contributed by atoms with Crippen LogP contribution in [0, 0.1) is 13.8 Å². The maximum Gasteiger partial charge on any atom is 0.234 e. The number of carbonyl (C=O) groups is 2. The van der Waals surface area contributed by atoms with E-state index in [2.05, 4.69) is 22.8 Å². The van der Waals surface area contributed by atoms with E-state index < -0.39 is 0 Å². The molecule has 27 heavy (non-hydrogen) atoms. The van der Waals surface area contributed by atoms with Crippen LogP contribution in [0.25, 0.3) is 0 Å². The summed E-state index contributed by atoms with van der Waals surface area (Å²) in [6, 6.07) is 14.3. The van der Waals surface area contributed by atoms with Crippen molar-refractivity contribution in [1.82, 2.24) is 5.32 Å². The Hall–Kier alpha value is -2.27. The van der Waals surface area contributed by atoms with Gasteiger partial charge in [-0.3, -0.25) is 9.59 Å². The first-order valence-corrected chi connectivity index (χ1v) is 10.5. The number of nitrogens with one attached hydrogen (secondary N) is 2. The van der Waals surface area contributed by atoms with E-state index in [0.717, 1.165) is 30.5 Å². The molecule has 3 rings (SSSR count). The predicted molar refractivity (Wildman–Crippen MR) is 112 cm³/mol. The highest BCUT2D eigenvalue weighted by atomic mass is 32.2. The monoisotopic (exact) mass is 382 g/mol. The van der Waals surface area contributed by atoms with Crippen molar-refractivity contribution in [1.29, 1.82) is 0 Å². The summed E-state index contributed by atoms with van der Waals surface area (Å²) in [6.07, 6.45) is 3.14. The molecule has 5 heteroatoms. The van der Waals surface area contributed by atoms with Gasteiger partial charge in [-0.15, -0.1) is 11.8 Å². The Morgan fingerprint density at radius 3 is 2.67 bits per heavy atom. The van der Waals surface area contributed by atoms with E-state index in [1.807, 2.05) is 44.2 Å². The highest BCUT2D eigenvalue weighted by molar-refractivity contribution is 8.00. The van der Waals surface area contributed by atoms with Gasteiger partial charge in [0.15, 0.2) is 0 Å². The number of fused-ring (bicyclic) bond motifs is 1. The van der Waals surface area contributed by atoms with Gasteiger partial charge < -0.3 is 10.6 Å². The van der Waals surface area contributed by atoms with Gasteiger partial charge in [-0.1, -0.05) is 42.0 Å². The summed E-state index contributed by atoms with van der Waals surface area (Å²) in [5.41, 5.74) is 5.60. The number of carbonyl (C=O) groups excluding carboxylic acids is 2. The molecular weight excluding hydrogens is 356 g/mol. The molecule has 0 saturated carbocycles. The Bertz CT molecular complexity index is 835. The van der Waals surface area contributed by atoms with Gasteiger partial charge in [0.25, 0.3) is 0 Å². The van der Waals surface area contributed by atoms with Crippen LogP contribution < -0.4 is 10.6 Å². The highest BCUT2D eigenvalue weighted by Crippen LogP contribution is 2.29. The van der Waals surface area contributed by atoms with Crippen molar-refractivity contribution in [3.8, 4) is 0 Å². The molecule has 2 aromatic carbocycles. The summed E-state index contributed by atoms with van der Waals surface area (Å²) in [5.74, 6) is 0.463. The van der Waals surface area contributed by atoms with Crippen molar-refractivity contribution < 1.29 is 9.59 Å². The lowest BCUT2D eigenvalue weighted by Gasteiger charge is -2.26. The maximum absolute atomic E-state index is 12.3. The van der Waals surface area contributed by atoms with Crippen molar-refractivity contribution in [3.05, 3.63) is 64.7 Å². The zero-order valence-corrected chi connectivity index (χ0v) is 16.7. The van der Waals surface area contributed by atoms with Crippen LogP contribution in [0.2, 0.25) is 0 Å². The number of benzene rings is 2. The quantitative estimate of drug-likeness (QED) is 0.788. The van der Waals surface area contributed by atoms with Crippen molar-refractivity contribution in [2.24, 2.45) is 0 Å². The third kappa shape index (κ3) is 5.36. The summed E-state index contributed by atoms with van der Waals surface area (Å²) in [5, 5.41) is 6.04. The molecule has 0 aliphatic heterocycles. The maximum atomic E-state index is 12.3. The van der Waals surface area contributed by atoms with Crippen LogP contribution in [0.15, 0.2) is 42.5 Å². The molecule has 2 amide bonds. The fourth-order valence-electron chi connectivity index (χ4n) is 3.52. The zero-order chi connectivity index (χ0) is 19.2. The molecule has 0 aromatic heterocycles. The first-order chi connectivity index (χ1) is 13.0. The SMILES string of the molecule is Cc1ccc(NC(=O)CSCC(=O)N[C@H]2CCCc3ccccc32)c(C)c1. The molecule has 0 unspecified atom stereocenters. The van der Waals surface area contributed by atoms with Crippen LogP contribution >= 0.6 is 11.8 Å². The molecule has 1 aliphatic rings. The van der Waals surface area contributed by atoms with Gasteiger partial charge >= 0.3 is 0 Å². The van der Waals surface area contributed by atoms with Crippen LogP contribution in [0.5, 0.6) is 0 Å². The summed E-state index contributed by atoms with van der Waals surface area (Å²) >= 11 is 1.34. The van der Waals surface area contributed by atoms with E-state index in [0.29, 0.717) is 5.75 Å². The molecular formula is C22H26N2O2S. The van der Waals surface area contributed by atoms with Gasteiger partial charge in [0.2, 0.25) is 11.8 Å². The summed E-state index contributed by atoms with van der Waals surface area (Å²) in [4.78, 5) is 24.4. The van der Waals surface area contributed by atoms with Crippen LogP contribution in [0.1, 0.15) is 41.1 Å². The number of hydrogen-bond acceptors (Lipinski definition) is 3. The number of thioether (sulfide) groups is 1. The van der Waals surface area contributed by atoms with Gasteiger partial charge in [-0.2, -0.15) is 0 Å². The molecule has 0 spiro atoms. The molecule has 0 fully saturated rings. The van der Waals surface area contributed by atoms with Gasteiger partial charge in [0.1, 0.15) is 0 Å². The molecule has 4 nitrogen and oxygen atoms in total. The zero-order valence-electron chi connectivity index (χ0n) is 15.9. The number of aryl methyl sites for hydroxylation is 3.